The number of pyridine rings is 1. The van der Waals surface area contributed by atoms with Crippen molar-refractivity contribution in [2.75, 3.05) is 18.5 Å². The van der Waals surface area contributed by atoms with Crippen LogP contribution in [-0.2, 0) is 6.42 Å². The minimum Gasteiger partial charge on any atom is -0.374 e. The Bertz CT molecular complexity index is 506. The molecule has 0 saturated carbocycles. The molecule has 0 amide bonds. The van der Waals surface area contributed by atoms with E-state index in [1.807, 2.05) is 12.4 Å². The maximum absolute atomic E-state index is 4.04. The number of hydrogen-bond donors (Lipinski definition) is 0. The fourth-order valence-corrected chi connectivity index (χ4v) is 1.94. The number of benzene rings is 1. The molecule has 2 aromatic rings. The van der Waals surface area contributed by atoms with Gasteiger partial charge in [0.05, 0.1) is 0 Å². The lowest BCUT2D eigenvalue weighted by atomic mass is 10.1. The van der Waals surface area contributed by atoms with Gasteiger partial charge in [0.2, 0.25) is 0 Å². The van der Waals surface area contributed by atoms with E-state index in [0.717, 1.165) is 13.0 Å². The summed E-state index contributed by atoms with van der Waals surface area (Å²) < 4.78 is 0. The molecular weight excluding hydrogens is 220 g/mol. The van der Waals surface area contributed by atoms with E-state index in [0.29, 0.717) is 0 Å². The summed E-state index contributed by atoms with van der Waals surface area (Å²) in [6, 6.07) is 10.8. The Morgan fingerprint density at radius 1 is 1.00 bits per heavy atom. The highest BCUT2D eigenvalue weighted by molar-refractivity contribution is 5.50. The molecule has 0 aliphatic carbocycles. The molecule has 18 heavy (non-hydrogen) atoms. The third kappa shape index (κ3) is 3.10. The summed E-state index contributed by atoms with van der Waals surface area (Å²) in [6.45, 7) is 5.33. The van der Waals surface area contributed by atoms with Gasteiger partial charge in [-0.3, -0.25) is 4.98 Å². The second kappa shape index (κ2) is 5.67. The average Bonchev–Trinajstić information content (AvgIpc) is 2.40. The molecule has 0 atom stereocenters. The molecule has 0 unspecified atom stereocenters. The molecule has 0 saturated heterocycles. The van der Waals surface area contributed by atoms with Crippen LogP contribution in [0.3, 0.4) is 0 Å². The molecule has 1 aromatic carbocycles. The van der Waals surface area contributed by atoms with Gasteiger partial charge in [-0.25, -0.2) is 0 Å². The van der Waals surface area contributed by atoms with Gasteiger partial charge in [-0.1, -0.05) is 6.07 Å². The third-order valence-electron chi connectivity index (χ3n) is 3.42. The summed E-state index contributed by atoms with van der Waals surface area (Å²) in [7, 11) is 2.14. The summed E-state index contributed by atoms with van der Waals surface area (Å²) in [5.41, 5.74) is 5.32. The van der Waals surface area contributed by atoms with E-state index >= 15 is 0 Å². The van der Waals surface area contributed by atoms with Crippen molar-refractivity contribution in [3.63, 3.8) is 0 Å². The van der Waals surface area contributed by atoms with E-state index in [1.54, 1.807) is 0 Å². The van der Waals surface area contributed by atoms with Gasteiger partial charge in [0.1, 0.15) is 0 Å². The molecule has 94 valence electrons. The molecule has 1 aromatic heterocycles. The van der Waals surface area contributed by atoms with Crippen LogP contribution in [0.5, 0.6) is 0 Å². The highest BCUT2D eigenvalue weighted by Crippen LogP contribution is 2.17. The van der Waals surface area contributed by atoms with Gasteiger partial charge >= 0.3 is 0 Å². The van der Waals surface area contributed by atoms with Gasteiger partial charge in [-0.2, -0.15) is 0 Å². The number of anilines is 1. The highest BCUT2D eigenvalue weighted by atomic mass is 15.1. The van der Waals surface area contributed by atoms with Crippen LogP contribution in [0, 0.1) is 13.8 Å². The van der Waals surface area contributed by atoms with Gasteiger partial charge < -0.3 is 4.90 Å². The van der Waals surface area contributed by atoms with Gasteiger partial charge in [0.25, 0.3) is 0 Å². The molecule has 1 heterocycles. The van der Waals surface area contributed by atoms with Crippen LogP contribution in [0.15, 0.2) is 42.7 Å². The Kier molecular flexibility index (Phi) is 3.98. The van der Waals surface area contributed by atoms with Crippen LogP contribution in [-0.4, -0.2) is 18.6 Å². The van der Waals surface area contributed by atoms with Crippen molar-refractivity contribution in [3.8, 4) is 0 Å². The quantitative estimate of drug-likeness (QED) is 0.814. The molecule has 0 aliphatic rings. The largest absolute Gasteiger partial charge is 0.374 e. The summed E-state index contributed by atoms with van der Waals surface area (Å²) >= 11 is 0. The topological polar surface area (TPSA) is 16.1 Å². The molecule has 0 N–H and O–H groups in total. The summed E-state index contributed by atoms with van der Waals surface area (Å²) in [4.78, 5) is 6.34. The van der Waals surface area contributed by atoms with E-state index in [-0.39, 0.29) is 0 Å². The van der Waals surface area contributed by atoms with Crippen LogP contribution in [0.25, 0.3) is 0 Å². The number of likely N-dealkylation sites (N-methyl/N-ethyl adjacent to an activating group) is 1. The van der Waals surface area contributed by atoms with Crippen LogP contribution >= 0.6 is 0 Å². The van der Waals surface area contributed by atoms with Crippen molar-refractivity contribution in [1.29, 1.82) is 0 Å². The lowest BCUT2D eigenvalue weighted by Gasteiger charge is -2.20. The zero-order valence-electron chi connectivity index (χ0n) is 11.4. The zero-order valence-corrected chi connectivity index (χ0v) is 11.4. The van der Waals surface area contributed by atoms with Crippen molar-refractivity contribution < 1.29 is 0 Å². The first-order valence-corrected chi connectivity index (χ1v) is 6.34. The fourth-order valence-electron chi connectivity index (χ4n) is 1.94. The minimum absolute atomic E-state index is 1.02. The Labute approximate surface area is 109 Å². The van der Waals surface area contributed by atoms with Crippen molar-refractivity contribution in [2.24, 2.45) is 0 Å². The van der Waals surface area contributed by atoms with E-state index in [2.05, 4.69) is 61.1 Å². The van der Waals surface area contributed by atoms with E-state index in [1.165, 1.54) is 22.4 Å². The molecule has 2 heteroatoms. The summed E-state index contributed by atoms with van der Waals surface area (Å²) in [6.07, 6.45) is 4.75. The summed E-state index contributed by atoms with van der Waals surface area (Å²) in [5.74, 6) is 0. The van der Waals surface area contributed by atoms with Gasteiger partial charge in [-0.05, 0) is 61.2 Å². The molecular formula is C16H20N2. The predicted octanol–water partition coefficient (Wildman–Crippen LogP) is 3.38. The van der Waals surface area contributed by atoms with Crippen LogP contribution < -0.4 is 4.90 Å². The van der Waals surface area contributed by atoms with Crippen molar-refractivity contribution >= 4 is 5.69 Å². The first-order chi connectivity index (χ1) is 8.66. The number of nitrogens with zero attached hydrogens (tertiary/aromatic N) is 2. The molecule has 2 rings (SSSR count). The van der Waals surface area contributed by atoms with Gasteiger partial charge in [0, 0.05) is 31.7 Å². The maximum atomic E-state index is 4.04. The van der Waals surface area contributed by atoms with Crippen molar-refractivity contribution in [2.45, 2.75) is 20.3 Å². The second-order valence-corrected chi connectivity index (χ2v) is 4.80. The number of hydrogen-bond acceptors (Lipinski definition) is 2. The average molecular weight is 240 g/mol. The molecule has 0 fully saturated rings. The number of aryl methyl sites for hydroxylation is 2. The van der Waals surface area contributed by atoms with Crippen LogP contribution in [0.2, 0.25) is 0 Å². The summed E-state index contributed by atoms with van der Waals surface area (Å²) in [5, 5.41) is 0. The number of rotatable bonds is 4. The lowest BCUT2D eigenvalue weighted by molar-refractivity contribution is 0.874. The van der Waals surface area contributed by atoms with E-state index in [9.17, 15) is 0 Å². The van der Waals surface area contributed by atoms with Crippen LogP contribution in [0.4, 0.5) is 5.69 Å². The monoisotopic (exact) mass is 240 g/mol. The predicted molar refractivity (Wildman–Crippen MR) is 77.1 cm³/mol. The smallest absolute Gasteiger partial charge is 0.0366 e. The van der Waals surface area contributed by atoms with Gasteiger partial charge in [-0.15, -0.1) is 0 Å². The standard InChI is InChI=1S/C16H20N2/c1-13-4-5-16(12-14(13)2)18(3)11-8-15-6-9-17-10-7-15/h4-7,9-10,12H,8,11H2,1-3H3. The lowest BCUT2D eigenvalue weighted by Crippen LogP contribution is -2.20. The molecule has 2 nitrogen and oxygen atoms in total. The first-order valence-electron chi connectivity index (χ1n) is 6.34. The van der Waals surface area contributed by atoms with Crippen LogP contribution in [0.1, 0.15) is 16.7 Å². The fraction of sp³-hybridized carbons (Fsp3) is 0.312. The van der Waals surface area contributed by atoms with E-state index in [4.69, 9.17) is 0 Å². The Morgan fingerprint density at radius 3 is 2.39 bits per heavy atom. The van der Waals surface area contributed by atoms with E-state index < -0.39 is 0 Å². The molecule has 0 bridgehead atoms. The highest BCUT2D eigenvalue weighted by Gasteiger charge is 2.02. The Balaban J connectivity index is 1.99. The van der Waals surface area contributed by atoms with Gasteiger partial charge in [0.15, 0.2) is 0 Å². The zero-order chi connectivity index (χ0) is 13.0. The SMILES string of the molecule is Cc1ccc(N(C)CCc2ccncc2)cc1C. The molecule has 0 radical (unpaired) electrons. The minimum atomic E-state index is 1.02. The number of aromatic nitrogens is 1. The maximum Gasteiger partial charge on any atom is 0.0366 e. The second-order valence-electron chi connectivity index (χ2n) is 4.80. The Hall–Kier alpha value is -1.83. The van der Waals surface area contributed by atoms with Crippen molar-refractivity contribution in [3.05, 3.63) is 59.4 Å². The molecule has 0 spiro atoms. The third-order valence-corrected chi connectivity index (χ3v) is 3.42. The first kappa shape index (κ1) is 12.6. The normalized spacial score (nSPS) is 10.4. The van der Waals surface area contributed by atoms with Crippen molar-refractivity contribution in [1.82, 2.24) is 4.98 Å². The molecule has 0 aliphatic heterocycles. The Morgan fingerprint density at radius 2 is 1.72 bits per heavy atom.